The predicted molar refractivity (Wildman–Crippen MR) is 89.8 cm³/mol. The van der Waals surface area contributed by atoms with Gasteiger partial charge in [0.25, 0.3) is 0 Å². The predicted octanol–water partition coefficient (Wildman–Crippen LogP) is 0.653. The third-order valence-electron chi connectivity index (χ3n) is 2.93. The average molecular weight is 337 g/mol. The Morgan fingerprint density at radius 1 is 1.26 bits per heavy atom. The summed E-state index contributed by atoms with van der Waals surface area (Å²) in [7, 11) is -4.41. The third-order valence-corrected chi connectivity index (χ3v) is 16.2. The number of hydrogen-bond donors (Lipinski definition) is 0. The van der Waals surface area contributed by atoms with Crippen LogP contribution in [-0.4, -0.2) is 61.7 Å². The molecule has 0 aromatic rings. The van der Waals surface area contributed by atoms with Gasteiger partial charge in [-0.25, -0.2) is 0 Å². The van der Waals surface area contributed by atoms with Gasteiger partial charge in [-0.3, -0.25) is 0 Å². The highest BCUT2D eigenvalue weighted by Crippen LogP contribution is 2.15. The van der Waals surface area contributed by atoms with Crippen LogP contribution in [0.2, 0.25) is 32.7 Å². The maximum Gasteiger partial charge on any atom is 0.198 e. The van der Waals surface area contributed by atoms with E-state index < -0.39 is 36.2 Å². The Morgan fingerprint density at radius 2 is 1.89 bits per heavy atom. The molecule has 0 aromatic carbocycles. The minimum atomic E-state index is -1.75. The van der Waals surface area contributed by atoms with Crippen molar-refractivity contribution in [1.29, 1.82) is 0 Å². The molecule has 8 heteroatoms. The molecule has 1 saturated heterocycles. The molecule has 1 rings (SSSR count). The molecule has 0 aliphatic carbocycles. The van der Waals surface area contributed by atoms with Gasteiger partial charge in [0.2, 0.25) is 0 Å². The van der Waals surface area contributed by atoms with Gasteiger partial charge < -0.3 is 17.7 Å². The topological polar surface area (TPSA) is 40.2 Å². The highest BCUT2D eigenvalue weighted by Gasteiger charge is 2.28. The molecule has 1 fully saturated rings. The monoisotopic (exact) mass is 336 g/mol. The van der Waals surface area contributed by atoms with Crippen molar-refractivity contribution < 1.29 is 17.7 Å². The lowest BCUT2D eigenvalue weighted by Gasteiger charge is -2.28. The molecule has 19 heavy (non-hydrogen) atoms. The molecule has 0 amide bonds. The SMILES string of the molecule is C=C([SiH2]O[Si](C)(C)C)[Si](C)(C)O[SiH2]COCC1CO1. The summed E-state index contributed by atoms with van der Waals surface area (Å²) in [4.78, 5) is 1.29. The van der Waals surface area contributed by atoms with Crippen molar-refractivity contribution in [2.45, 2.75) is 38.8 Å². The molecule has 112 valence electrons. The molecule has 0 bridgehead atoms. The van der Waals surface area contributed by atoms with Crippen molar-refractivity contribution >= 4 is 36.2 Å². The number of hydrogen-bond acceptors (Lipinski definition) is 4. The van der Waals surface area contributed by atoms with Gasteiger partial charge in [0, 0.05) is 0 Å². The van der Waals surface area contributed by atoms with Crippen molar-refractivity contribution in [2.75, 3.05) is 19.4 Å². The van der Waals surface area contributed by atoms with Crippen molar-refractivity contribution in [1.82, 2.24) is 0 Å². The second kappa shape index (κ2) is 7.45. The van der Waals surface area contributed by atoms with Crippen LogP contribution in [0.4, 0.5) is 0 Å². The molecule has 1 heterocycles. The molecule has 1 aliphatic heterocycles. The summed E-state index contributed by atoms with van der Waals surface area (Å²) >= 11 is 0. The molecular weight excluding hydrogens is 308 g/mol. The third kappa shape index (κ3) is 8.35. The number of rotatable bonds is 10. The first-order valence-electron chi connectivity index (χ1n) is 6.86. The smallest absolute Gasteiger partial charge is 0.198 e. The van der Waals surface area contributed by atoms with Crippen LogP contribution in [0.25, 0.3) is 0 Å². The molecule has 0 aromatic heterocycles. The number of epoxide rings is 1. The van der Waals surface area contributed by atoms with Crippen LogP contribution in [0.1, 0.15) is 0 Å². The Hall–Kier alpha value is 0.448. The summed E-state index contributed by atoms with van der Waals surface area (Å²) in [5.41, 5.74) is 0. The minimum Gasteiger partial charge on any atom is -0.457 e. The second-order valence-corrected chi connectivity index (χ2v) is 19.3. The first-order valence-corrected chi connectivity index (χ1v) is 16.0. The van der Waals surface area contributed by atoms with Gasteiger partial charge in [-0.05, 0) is 32.7 Å². The van der Waals surface area contributed by atoms with Crippen LogP contribution >= 0.6 is 0 Å². The van der Waals surface area contributed by atoms with E-state index in [0.717, 1.165) is 19.4 Å². The lowest BCUT2D eigenvalue weighted by Crippen LogP contribution is -2.41. The van der Waals surface area contributed by atoms with E-state index in [-0.39, 0.29) is 0 Å². The number of ether oxygens (including phenoxy) is 2. The summed E-state index contributed by atoms with van der Waals surface area (Å²) in [6, 6.07) is 0. The highest BCUT2D eigenvalue weighted by atomic mass is 28.4. The fourth-order valence-electron chi connectivity index (χ4n) is 1.31. The Labute approximate surface area is 124 Å². The van der Waals surface area contributed by atoms with Crippen LogP contribution < -0.4 is 0 Å². The molecule has 1 aliphatic rings. The van der Waals surface area contributed by atoms with Gasteiger partial charge in [-0.15, -0.1) is 6.58 Å². The van der Waals surface area contributed by atoms with Crippen molar-refractivity contribution in [3.8, 4) is 0 Å². The van der Waals surface area contributed by atoms with E-state index in [0.29, 0.717) is 6.10 Å². The van der Waals surface area contributed by atoms with E-state index in [9.17, 15) is 0 Å². The summed E-state index contributed by atoms with van der Waals surface area (Å²) in [6.07, 6.45) is 1.13. The summed E-state index contributed by atoms with van der Waals surface area (Å²) in [6.45, 7) is 17.0. The van der Waals surface area contributed by atoms with Gasteiger partial charge in [-0.1, -0.05) is 4.82 Å². The van der Waals surface area contributed by atoms with Crippen molar-refractivity contribution in [3.05, 3.63) is 11.4 Å². The molecule has 1 atom stereocenters. The second-order valence-electron chi connectivity index (χ2n) is 6.39. The summed E-state index contributed by atoms with van der Waals surface area (Å²) < 4.78 is 22.8. The Bertz CT molecular complexity index is 300. The highest BCUT2D eigenvalue weighted by molar-refractivity contribution is 6.92. The molecule has 0 radical (unpaired) electrons. The quantitative estimate of drug-likeness (QED) is 0.334. The lowest BCUT2D eigenvalue weighted by molar-refractivity contribution is 0.149. The fourth-order valence-corrected chi connectivity index (χ4v) is 10.2. The van der Waals surface area contributed by atoms with E-state index in [4.69, 9.17) is 17.7 Å². The van der Waals surface area contributed by atoms with Crippen LogP contribution in [0.5, 0.6) is 0 Å². The van der Waals surface area contributed by atoms with Gasteiger partial charge in [0.1, 0.15) is 6.10 Å². The van der Waals surface area contributed by atoms with Crippen LogP contribution in [0.15, 0.2) is 11.4 Å². The van der Waals surface area contributed by atoms with E-state index in [1.54, 1.807) is 0 Å². The Balaban J connectivity index is 2.15. The minimum absolute atomic E-state index is 0.353. The maximum atomic E-state index is 6.14. The zero-order valence-corrected chi connectivity index (χ0v) is 17.8. The molecule has 0 saturated carbocycles. The first-order chi connectivity index (χ1) is 8.71. The van der Waals surface area contributed by atoms with E-state index in [2.05, 4.69) is 39.3 Å². The van der Waals surface area contributed by atoms with E-state index in [1.807, 2.05) is 0 Å². The standard InChI is InChI=1S/C11H28O4Si4/c1-10(17-15-18(2,3)4)19(5,6)14-16-9-12-7-11-8-13-11/h11H,1,7-9,16-17H2,2-6H3. The van der Waals surface area contributed by atoms with Crippen LogP contribution in [-0.2, 0) is 17.7 Å². The first kappa shape index (κ1) is 17.5. The Morgan fingerprint density at radius 3 is 2.42 bits per heavy atom. The van der Waals surface area contributed by atoms with E-state index >= 15 is 0 Å². The zero-order chi connectivity index (χ0) is 14.5. The van der Waals surface area contributed by atoms with Gasteiger partial charge in [0.15, 0.2) is 36.2 Å². The fraction of sp³-hybridized carbons (Fsp3) is 0.818. The van der Waals surface area contributed by atoms with Crippen LogP contribution in [0.3, 0.4) is 0 Å². The van der Waals surface area contributed by atoms with Gasteiger partial charge >= 0.3 is 0 Å². The molecule has 1 unspecified atom stereocenters. The average Bonchev–Trinajstić information content (AvgIpc) is 3.08. The molecule has 0 N–H and O–H groups in total. The van der Waals surface area contributed by atoms with Gasteiger partial charge in [-0.2, -0.15) is 0 Å². The summed E-state index contributed by atoms with van der Waals surface area (Å²) in [5.74, 6) is 0. The van der Waals surface area contributed by atoms with Gasteiger partial charge in [0.05, 0.1) is 19.4 Å². The van der Waals surface area contributed by atoms with Crippen molar-refractivity contribution in [3.63, 3.8) is 0 Å². The van der Waals surface area contributed by atoms with Crippen LogP contribution in [0, 0.1) is 0 Å². The maximum absolute atomic E-state index is 6.14. The molecule has 4 nitrogen and oxygen atoms in total. The van der Waals surface area contributed by atoms with Crippen molar-refractivity contribution in [2.24, 2.45) is 0 Å². The normalized spacial score (nSPS) is 20.8. The largest absolute Gasteiger partial charge is 0.457 e. The molecular formula is C11H28O4Si4. The Kier molecular flexibility index (Phi) is 6.87. The zero-order valence-electron chi connectivity index (χ0n) is 13.0. The van der Waals surface area contributed by atoms with E-state index in [1.165, 1.54) is 4.82 Å². The molecule has 0 spiro atoms. The summed E-state index contributed by atoms with van der Waals surface area (Å²) in [5, 5.41) is 0. The lowest BCUT2D eigenvalue weighted by atomic mass is 10.5.